The molecule has 0 saturated carbocycles. The summed E-state index contributed by atoms with van der Waals surface area (Å²) in [6, 6.07) is 8.34. The second kappa shape index (κ2) is 9.96. The minimum Gasteiger partial charge on any atom is -0.480 e. The zero-order valence-electron chi connectivity index (χ0n) is 17.6. The van der Waals surface area contributed by atoms with E-state index in [9.17, 15) is 23.1 Å². The predicted octanol–water partition coefficient (Wildman–Crippen LogP) is 1.00. The van der Waals surface area contributed by atoms with Gasteiger partial charge in [-0.15, -0.1) is 0 Å². The molecule has 0 aliphatic rings. The van der Waals surface area contributed by atoms with Crippen LogP contribution in [0.1, 0.15) is 36.6 Å². The molecule has 1 atom stereocenters. The Kier molecular flexibility index (Phi) is 7.88. The van der Waals surface area contributed by atoms with Crippen LogP contribution in [0.2, 0.25) is 0 Å². The van der Waals surface area contributed by atoms with Gasteiger partial charge in [-0.05, 0) is 29.9 Å². The van der Waals surface area contributed by atoms with Crippen molar-refractivity contribution in [3.63, 3.8) is 0 Å². The normalized spacial score (nSPS) is 13.0. The fourth-order valence-corrected chi connectivity index (χ4v) is 3.69. The summed E-state index contributed by atoms with van der Waals surface area (Å²) in [4.78, 5) is 28.3. The van der Waals surface area contributed by atoms with E-state index in [0.29, 0.717) is 12.1 Å². The van der Waals surface area contributed by atoms with Crippen molar-refractivity contribution in [2.75, 3.05) is 14.1 Å². The van der Waals surface area contributed by atoms with E-state index in [1.807, 2.05) is 44.2 Å². The third-order valence-electron chi connectivity index (χ3n) is 4.62. The maximum absolute atomic E-state index is 12.5. The number of aryl methyl sites for hydroxylation is 2. The molecule has 164 valence electrons. The van der Waals surface area contributed by atoms with Gasteiger partial charge in [0.2, 0.25) is 0 Å². The number of nitrogens with zero attached hydrogens (tertiary/aromatic N) is 3. The van der Waals surface area contributed by atoms with Gasteiger partial charge < -0.3 is 5.11 Å². The first-order valence-electron chi connectivity index (χ1n) is 9.58. The van der Waals surface area contributed by atoms with Gasteiger partial charge in [0, 0.05) is 20.3 Å². The van der Waals surface area contributed by atoms with Crippen molar-refractivity contribution in [3.05, 3.63) is 63.8 Å². The third kappa shape index (κ3) is 6.22. The SMILES string of the molecule is CC(C)c1nc(=O)n(CC(NS(=O)(=O)N(C)C)C(=O)O)cc1CCc1ccccc1. The van der Waals surface area contributed by atoms with Gasteiger partial charge in [0.15, 0.2) is 0 Å². The van der Waals surface area contributed by atoms with Crippen LogP contribution in [-0.4, -0.2) is 53.5 Å². The van der Waals surface area contributed by atoms with Crippen LogP contribution in [0.5, 0.6) is 0 Å². The Bertz CT molecular complexity index is 1030. The zero-order valence-corrected chi connectivity index (χ0v) is 18.4. The van der Waals surface area contributed by atoms with E-state index in [2.05, 4.69) is 9.71 Å². The van der Waals surface area contributed by atoms with Gasteiger partial charge in [0.1, 0.15) is 6.04 Å². The summed E-state index contributed by atoms with van der Waals surface area (Å²) in [7, 11) is -1.42. The average Bonchev–Trinajstić information content (AvgIpc) is 2.67. The van der Waals surface area contributed by atoms with Crippen LogP contribution in [0.15, 0.2) is 41.3 Å². The minimum atomic E-state index is -3.99. The number of carboxylic acid groups (broad SMARTS) is 1. The van der Waals surface area contributed by atoms with Crippen molar-refractivity contribution >= 4 is 16.2 Å². The number of carboxylic acids is 1. The molecule has 2 rings (SSSR count). The Labute approximate surface area is 176 Å². The molecule has 0 radical (unpaired) electrons. The van der Waals surface area contributed by atoms with E-state index in [1.54, 1.807) is 6.20 Å². The molecule has 1 aromatic carbocycles. The van der Waals surface area contributed by atoms with Crippen molar-refractivity contribution in [3.8, 4) is 0 Å². The van der Waals surface area contributed by atoms with Crippen molar-refractivity contribution < 1.29 is 18.3 Å². The molecule has 30 heavy (non-hydrogen) atoms. The lowest BCUT2D eigenvalue weighted by molar-refractivity contribution is -0.139. The molecule has 0 aliphatic carbocycles. The monoisotopic (exact) mass is 436 g/mol. The molecule has 0 fully saturated rings. The standard InChI is InChI=1S/C20H28N4O5S/c1-14(2)18-16(11-10-15-8-6-5-7-9-15)12-24(20(27)21-18)13-17(19(25)26)22-30(28,29)23(3)4/h5-9,12,14,17,22H,10-11,13H2,1-4H3,(H,25,26). The first-order chi connectivity index (χ1) is 14.0. The molecule has 0 amide bonds. The summed E-state index contributed by atoms with van der Waals surface area (Å²) < 4.78 is 28.2. The van der Waals surface area contributed by atoms with Crippen molar-refractivity contribution in [1.82, 2.24) is 18.6 Å². The Balaban J connectivity index is 2.34. The van der Waals surface area contributed by atoms with Gasteiger partial charge in [0.25, 0.3) is 10.2 Å². The molecule has 1 aromatic heterocycles. The topological polar surface area (TPSA) is 122 Å². The van der Waals surface area contributed by atoms with Crippen LogP contribution in [0.25, 0.3) is 0 Å². The van der Waals surface area contributed by atoms with Crippen molar-refractivity contribution in [2.45, 2.75) is 45.2 Å². The highest BCUT2D eigenvalue weighted by atomic mass is 32.2. The number of nitrogens with one attached hydrogen (secondary N) is 1. The smallest absolute Gasteiger partial charge is 0.347 e. The Morgan fingerprint density at radius 3 is 2.37 bits per heavy atom. The lowest BCUT2D eigenvalue weighted by Crippen LogP contribution is -2.49. The van der Waals surface area contributed by atoms with Gasteiger partial charge in [0.05, 0.1) is 12.2 Å². The summed E-state index contributed by atoms with van der Waals surface area (Å²) in [6.07, 6.45) is 2.94. The van der Waals surface area contributed by atoms with Crippen LogP contribution in [0, 0.1) is 0 Å². The Morgan fingerprint density at radius 2 is 1.83 bits per heavy atom. The van der Waals surface area contributed by atoms with Crippen LogP contribution in [0.4, 0.5) is 0 Å². The molecule has 1 unspecified atom stereocenters. The number of benzene rings is 1. The number of aliphatic carboxylic acids is 1. The van der Waals surface area contributed by atoms with Crippen molar-refractivity contribution in [2.24, 2.45) is 0 Å². The van der Waals surface area contributed by atoms with E-state index >= 15 is 0 Å². The van der Waals surface area contributed by atoms with Crippen LogP contribution in [0.3, 0.4) is 0 Å². The highest BCUT2D eigenvalue weighted by Gasteiger charge is 2.27. The van der Waals surface area contributed by atoms with Crippen LogP contribution in [-0.2, 0) is 34.4 Å². The second-order valence-corrected chi connectivity index (χ2v) is 9.44. The largest absolute Gasteiger partial charge is 0.480 e. The molecular formula is C20H28N4O5S. The minimum absolute atomic E-state index is 0.0145. The molecule has 2 aromatic rings. The van der Waals surface area contributed by atoms with Gasteiger partial charge in [-0.3, -0.25) is 9.36 Å². The average molecular weight is 437 g/mol. The molecule has 0 saturated heterocycles. The number of hydrogen-bond acceptors (Lipinski definition) is 5. The number of carbonyl (C=O) groups is 1. The molecule has 0 aliphatic heterocycles. The Morgan fingerprint density at radius 1 is 1.20 bits per heavy atom. The third-order valence-corrected chi connectivity index (χ3v) is 6.17. The summed E-state index contributed by atoms with van der Waals surface area (Å²) in [5.74, 6) is -1.37. The maximum atomic E-state index is 12.5. The molecule has 1 heterocycles. The second-order valence-electron chi connectivity index (χ2n) is 7.52. The predicted molar refractivity (Wildman–Crippen MR) is 114 cm³/mol. The maximum Gasteiger partial charge on any atom is 0.347 e. The van der Waals surface area contributed by atoms with E-state index in [0.717, 1.165) is 26.4 Å². The van der Waals surface area contributed by atoms with E-state index < -0.39 is 27.9 Å². The summed E-state index contributed by atoms with van der Waals surface area (Å²) in [5.41, 5.74) is 2.01. The zero-order chi connectivity index (χ0) is 22.5. The molecule has 0 spiro atoms. The summed E-state index contributed by atoms with van der Waals surface area (Å²) in [5, 5.41) is 9.45. The quantitative estimate of drug-likeness (QED) is 0.573. The van der Waals surface area contributed by atoms with Crippen molar-refractivity contribution in [1.29, 1.82) is 0 Å². The summed E-state index contributed by atoms with van der Waals surface area (Å²) >= 11 is 0. The molecular weight excluding hydrogens is 408 g/mol. The summed E-state index contributed by atoms with van der Waals surface area (Å²) in [6.45, 7) is 3.50. The molecule has 0 bridgehead atoms. The first kappa shape index (κ1) is 23.7. The Hall–Kier alpha value is -2.56. The lowest BCUT2D eigenvalue weighted by atomic mass is 9.99. The number of rotatable bonds is 10. The van der Waals surface area contributed by atoms with Gasteiger partial charge >= 0.3 is 11.7 Å². The van der Waals surface area contributed by atoms with Crippen LogP contribution >= 0.6 is 0 Å². The number of aromatic nitrogens is 2. The first-order valence-corrected chi connectivity index (χ1v) is 11.0. The van der Waals surface area contributed by atoms with Gasteiger partial charge in [-0.1, -0.05) is 44.2 Å². The highest BCUT2D eigenvalue weighted by molar-refractivity contribution is 7.87. The van der Waals surface area contributed by atoms with E-state index in [4.69, 9.17) is 0 Å². The number of hydrogen-bond donors (Lipinski definition) is 2. The van der Waals surface area contributed by atoms with Gasteiger partial charge in [-0.2, -0.15) is 22.4 Å². The molecule has 10 heteroatoms. The highest BCUT2D eigenvalue weighted by Crippen LogP contribution is 2.17. The lowest BCUT2D eigenvalue weighted by Gasteiger charge is -2.20. The van der Waals surface area contributed by atoms with Gasteiger partial charge in [-0.25, -0.2) is 4.79 Å². The van der Waals surface area contributed by atoms with E-state index in [1.165, 1.54) is 14.1 Å². The fraction of sp³-hybridized carbons (Fsp3) is 0.450. The molecule has 2 N–H and O–H groups in total. The fourth-order valence-electron chi connectivity index (χ4n) is 2.94. The van der Waals surface area contributed by atoms with Crippen LogP contribution < -0.4 is 10.4 Å². The van der Waals surface area contributed by atoms with E-state index in [-0.39, 0.29) is 12.5 Å². The molecule has 9 nitrogen and oxygen atoms in total.